The molecule has 0 fully saturated rings. The minimum atomic E-state index is 0.0254. The van der Waals surface area contributed by atoms with Crippen LogP contribution in [0.15, 0.2) is 61.1 Å². The molecule has 2 aromatic rings. The van der Waals surface area contributed by atoms with Crippen LogP contribution in [0.5, 0.6) is 0 Å². The summed E-state index contributed by atoms with van der Waals surface area (Å²) in [5.41, 5.74) is 2.05. The minimum absolute atomic E-state index is 0.0254. The molecule has 2 aromatic carbocycles. The topological polar surface area (TPSA) is 0 Å². The lowest BCUT2D eigenvalue weighted by molar-refractivity contribution is 1.73. The zero-order valence-electron chi connectivity index (χ0n) is 9.24. The molecule has 0 amide bonds. The molecular weight excluding hydrogens is 250 g/mol. The standard InChI is InChI=1S/C14H11BCl2/c1-2-15(11-7-3-5-9-13(11)16)12-8-4-6-10-14(12)17/h2-10H,1H2. The maximum Gasteiger partial charge on any atom is 0.237 e. The van der Waals surface area contributed by atoms with Crippen molar-refractivity contribution in [3.05, 3.63) is 71.1 Å². The molecule has 0 saturated carbocycles. The van der Waals surface area contributed by atoms with Crippen LogP contribution in [0, 0.1) is 0 Å². The van der Waals surface area contributed by atoms with Gasteiger partial charge < -0.3 is 0 Å². The van der Waals surface area contributed by atoms with Gasteiger partial charge in [0.15, 0.2) is 0 Å². The number of benzene rings is 2. The van der Waals surface area contributed by atoms with Crippen molar-refractivity contribution in [2.24, 2.45) is 0 Å². The van der Waals surface area contributed by atoms with E-state index in [0.717, 1.165) is 21.0 Å². The SMILES string of the molecule is C=CB(c1ccccc1Cl)c1ccccc1Cl. The molecule has 2 rings (SSSR count). The molecule has 0 saturated heterocycles. The highest BCUT2D eigenvalue weighted by atomic mass is 35.5. The molecule has 0 aliphatic heterocycles. The van der Waals surface area contributed by atoms with E-state index in [1.54, 1.807) is 0 Å². The summed E-state index contributed by atoms with van der Waals surface area (Å²) in [7, 11) is 0. The third kappa shape index (κ3) is 2.57. The van der Waals surface area contributed by atoms with Crippen LogP contribution >= 0.6 is 23.2 Å². The van der Waals surface area contributed by atoms with Crippen LogP contribution in [-0.2, 0) is 0 Å². The highest BCUT2D eigenvalue weighted by Crippen LogP contribution is 2.10. The normalized spacial score (nSPS) is 10.0. The van der Waals surface area contributed by atoms with E-state index in [-0.39, 0.29) is 6.71 Å². The number of rotatable bonds is 3. The molecule has 0 aliphatic rings. The third-order valence-electron chi connectivity index (χ3n) is 2.72. The van der Waals surface area contributed by atoms with Crippen molar-refractivity contribution in [3.63, 3.8) is 0 Å². The predicted octanol–water partition coefficient (Wildman–Crippen LogP) is 3.33. The fraction of sp³-hybridized carbons (Fsp3) is 0. The number of halogens is 2. The molecule has 3 heteroatoms. The highest BCUT2D eigenvalue weighted by Gasteiger charge is 2.19. The molecule has 17 heavy (non-hydrogen) atoms. The first-order valence-electron chi connectivity index (χ1n) is 5.35. The van der Waals surface area contributed by atoms with Crippen LogP contribution in [0.2, 0.25) is 10.0 Å². The summed E-state index contributed by atoms with van der Waals surface area (Å²) in [5, 5.41) is 1.47. The monoisotopic (exact) mass is 260 g/mol. The van der Waals surface area contributed by atoms with Crippen molar-refractivity contribution < 1.29 is 0 Å². The van der Waals surface area contributed by atoms with Gasteiger partial charge in [-0.1, -0.05) is 70.5 Å². The second-order valence-electron chi connectivity index (χ2n) is 3.76. The van der Waals surface area contributed by atoms with Crippen molar-refractivity contribution in [2.75, 3.05) is 0 Å². The van der Waals surface area contributed by atoms with Gasteiger partial charge in [-0.3, -0.25) is 0 Å². The molecular formula is C14H11BCl2. The van der Waals surface area contributed by atoms with Crippen molar-refractivity contribution in [2.45, 2.75) is 0 Å². The first-order valence-corrected chi connectivity index (χ1v) is 6.11. The summed E-state index contributed by atoms with van der Waals surface area (Å²) in [6, 6.07) is 15.5. The maximum atomic E-state index is 6.21. The van der Waals surface area contributed by atoms with Gasteiger partial charge >= 0.3 is 0 Å². The molecule has 0 bridgehead atoms. The van der Waals surface area contributed by atoms with E-state index < -0.39 is 0 Å². The quantitative estimate of drug-likeness (QED) is 0.743. The Balaban J connectivity index is 2.52. The van der Waals surface area contributed by atoms with E-state index in [2.05, 4.69) is 6.58 Å². The Morgan fingerprint density at radius 1 is 0.824 bits per heavy atom. The molecule has 0 aliphatic carbocycles. The van der Waals surface area contributed by atoms with E-state index in [9.17, 15) is 0 Å². The van der Waals surface area contributed by atoms with E-state index in [1.807, 2.05) is 54.5 Å². The smallest absolute Gasteiger partial charge is 0.113 e. The van der Waals surface area contributed by atoms with Crippen LogP contribution < -0.4 is 10.9 Å². The average Bonchev–Trinajstić information content (AvgIpc) is 2.34. The van der Waals surface area contributed by atoms with Crippen LogP contribution in [0.25, 0.3) is 0 Å². The number of hydrogen-bond acceptors (Lipinski definition) is 0. The average molecular weight is 261 g/mol. The third-order valence-corrected chi connectivity index (χ3v) is 3.40. The summed E-state index contributed by atoms with van der Waals surface area (Å²) < 4.78 is 0. The molecule has 0 aromatic heterocycles. The zero-order chi connectivity index (χ0) is 12.3. The lowest BCUT2D eigenvalue weighted by Gasteiger charge is -2.13. The van der Waals surface area contributed by atoms with Gasteiger partial charge in [-0.25, -0.2) is 0 Å². The van der Waals surface area contributed by atoms with Crippen molar-refractivity contribution in [3.8, 4) is 0 Å². The highest BCUT2D eigenvalue weighted by molar-refractivity contribution is 6.91. The van der Waals surface area contributed by atoms with Crippen LogP contribution in [0.4, 0.5) is 0 Å². The van der Waals surface area contributed by atoms with Crippen molar-refractivity contribution in [1.29, 1.82) is 0 Å². The van der Waals surface area contributed by atoms with Gasteiger partial charge in [-0.05, 0) is 12.1 Å². The summed E-state index contributed by atoms with van der Waals surface area (Å²) in [6.45, 7) is 3.90. The summed E-state index contributed by atoms with van der Waals surface area (Å²) in [4.78, 5) is 0. The molecule has 0 atom stereocenters. The largest absolute Gasteiger partial charge is 0.237 e. The first-order chi connectivity index (χ1) is 8.24. The lowest BCUT2D eigenvalue weighted by Crippen LogP contribution is -2.41. The molecule has 0 heterocycles. The van der Waals surface area contributed by atoms with E-state index in [1.165, 1.54) is 0 Å². The zero-order valence-corrected chi connectivity index (χ0v) is 10.7. The molecule has 0 N–H and O–H groups in total. The molecule has 0 unspecified atom stereocenters. The summed E-state index contributed by atoms with van der Waals surface area (Å²) >= 11 is 12.4. The Hall–Kier alpha value is -1.18. The maximum absolute atomic E-state index is 6.21. The molecule has 0 nitrogen and oxygen atoms in total. The second-order valence-corrected chi connectivity index (χ2v) is 4.57. The van der Waals surface area contributed by atoms with Gasteiger partial charge in [0.1, 0.15) is 0 Å². The number of hydrogen-bond donors (Lipinski definition) is 0. The lowest BCUT2D eigenvalue weighted by atomic mass is 9.41. The fourth-order valence-electron chi connectivity index (χ4n) is 1.88. The predicted molar refractivity (Wildman–Crippen MR) is 78.1 cm³/mol. The Kier molecular flexibility index (Phi) is 3.93. The summed E-state index contributed by atoms with van der Waals surface area (Å²) in [5.74, 6) is 1.86. The first kappa shape index (κ1) is 12.3. The van der Waals surface area contributed by atoms with E-state index in [0.29, 0.717) is 0 Å². The van der Waals surface area contributed by atoms with E-state index >= 15 is 0 Å². The fourth-order valence-corrected chi connectivity index (χ4v) is 2.38. The van der Waals surface area contributed by atoms with Crippen molar-refractivity contribution >= 4 is 40.8 Å². The van der Waals surface area contributed by atoms with Gasteiger partial charge in [-0.2, -0.15) is 0 Å². The second kappa shape index (κ2) is 5.44. The Morgan fingerprint density at radius 3 is 1.59 bits per heavy atom. The van der Waals surface area contributed by atoms with Gasteiger partial charge in [-0.15, -0.1) is 12.6 Å². The Labute approximate surface area is 112 Å². The molecule has 84 valence electrons. The van der Waals surface area contributed by atoms with Crippen LogP contribution in [0.1, 0.15) is 0 Å². The van der Waals surface area contributed by atoms with Gasteiger partial charge in [0, 0.05) is 10.0 Å². The van der Waals surface area contributed by atoms with Gasteiger partial charge in [0.05, 0.1) is 0 Å². The Bertz CT molecular complexity index is 492. The summed E-state index contributed by atoms with van der Waals surface area (Å²) in [6.07, 6.45) is 0. The van der Waals surface area contributed by atoms with Crippen LogP contribution in [-0.4, -0.2) is 6.71 Å². The van der Waals surface area contributed by atoms with Gasteiger partial charge in [0.25, 0.3) is 0 Å². The Morgan fingerprint density at radius 2 is 1.24 bits per heavy atom. The van der Waals surface area contributed by atoms with Crippen molar-refractivity contribution in [1.82, 2.24) is 0 Å². The minimum Gasteiger partial charge on any atom is -0.113 e. The van der Waals surface area contributed by atoms with E-state index in [4.69, 9.17) is 23.2 Å². The molecule has 0 spiro atoms. The van der Waals surface area contributed by atoms with Gasteiger partial charge in [0.2, 0.25) is 6.71 Å². The van der Waals surface area contributed by atoms with Crippen LogP contribution in [0.3, 0.4) is 0 Å². The molecule has 0 radical (unpaired) electrons.